The summed E-state index contributed by atoms with van der Waals surface area (Å²) in [7, 11) is 1.72. The first-order valence-electron chi connectivity index (χ1n) is 10.3. The van der Waals surface area contributed by atoms with Crippen molar-refractivity contribution >= 4 is 16.8 Å². The number of aromatic amines is 1. The largest absolute Gasteiger partial charge is 0.497 e. The zero-order valence-corrected chi connectivity index (χ0v) is 16.8. The summed E-state index contributed by atoms with van der Waals surface area (Å²) >= 11 is 0. The molecule has 5 rings (SSSR count). The predicted octanol–water partition coefficient (Wildman–Crippen LogP) is 4.25. The summed E-state index contributed by atoms with van der Waals surface area (Å²) < 4.78 is 5.53. The number of hydrogen-bond acceptors (Lipinski definition) is 2. The number of carbonyl (C=O) groups excluding carboxylic acids is 1. The third-order valence-electron chi connectivity index (χ3n) is 7.03. The highest BCUT2D eigenvalue weighted by Gasteiger charge is 2.48. The fourth-order valence-electron chi connectivity index (χ4n) is 5.51. The van der Waals surface area contributed by atoms with Crippen molar-refractivity contribution in [2.24, 2.45) is 5.92 Å². The lowest BCUT2D eigenvalue weighted by atomic mass is 9.58. The van der Waals surface area contributed by atoms with Crippen LogP contribution in [0, 0.1) is 5.92 Å². The Morgan fingerprint density at radius 2 is 2.14 bits per heavy atom. The quantitative estimate of drug-likeness (QED) is 0.684. The van der Waals surface area contributed by atoms with Crippen molar-refractivity contribution in [1.82, 2.24) is 9.88 Å². The molecular weight excluding hydrogens is 360 g/mol. The maximum Gasteiger partial charge on any atom is 0.245 e. The fourth-order valence-corrected chi connectivity index (χ4v) is 5.51. The molecule has 1 saturated heterocycles. The van der Waals surface area contributed by atoms with E-state index in [0.717, 1.165) is 38.1 Å². The Morgan fingerprint density at radius 1 is 1.28 bits per heavy atom. The third kappa shape index (κ3) is 2.78. The second-order valence-electron chi connectivity index (χ2n) is 8.33. The molecule has 1 aromatic heterocycles. The van der Waals surface area contributed by atoms with Gasteiger partial charge in [-0.3, -0.25) is 4.79 Å². The van der Waals surface area contributed by atoms with Gasteiger partial charge in [-0.2, -0.15) is 0 Å². The van der Waals surface area contributed by atoms with Crippen LogP contribution in [-0.4, -0.2) is 36.0 Å². The van der Waals surface area contributed by atoms with Crippen LogP contribution >= 0.6 is 0 Å². The number of fused-ring (bicyclic) bond motifs is 4. The Hall–Kier alpha value is -3.01. The van der Waals surface area contributed by atoms with Crippen LogP contribution in [0.4, 0.5) is 0 Å². The van der Waals surface area contributed by atoms with Crippen molar-refractivity contribution in [3.05, 3.63) is 78.0 Å². The van der Waals surface area contributed by atoms with Crippen LogP contribution in [0.5, 0.6) is 5.75 Å². The van der Waals surface area contributed by atoms with Gasteiger partial charge in [-0.1, -0.05) is 36.9 Å². The lowest BCUT2D eigenvalue weighted by molar-refractivity contribution is -0.129. The van der Waals surface area contributed by atoms with E-state index in [2.05, 4.69) is 54.0 Å². The number of aromatic nitrogens is 1. The number of rotatable bonds is 3. The minimum atomic E-state index is 0.000363. The van der Waals surface area contributed by atoms with E-state index in [1.165, 1.54) is 33.8 Å². The number of amides is 1. The topological polar surface area (TPSA) is 45.3 Å². The first-order chi connectivity index (χ1) is 14.1. The van der Waals surface area contributed by atoms with Crippen molar-refractivity contribution in [2.45, 2.75) is 24.7 Å². The van der Waals surface area contributed by atoms with Gasteiger partial charge in [0.05, 0.1) is 7.11 Å². The molecular formula is C25H26N2O2. The van der Waals surface area contributed by atoms with E-state index in [1.807, 2.05) is 11.0 Å². The van der Waals surface area contributed by atoms with Gasteiger partial charge in [0.2, 0.25) is 5.91 Å². The molecule has 2 aromatic carbocycles. The number of para-hydroxylation sites is 1. The van der Waals surface area contributed by atoms with E-state index in [9.17, 15) is 4.79 Å². The van der Waals surface area contributed by atoms with E-state index in [1.54, 1.807) is 7.11 Å². The number of piperidine rings is 1. The van der Waals surface area contributed by atoms with Gasteiger partial charge in [0, 0.05) is 35.1 Å². The summed E-state index contributed by atoms with van der Waals surface area (Å²) in [6.45, 7) is 5.22. The first kappa shape index (κ1) is 18.0. The molecule has 1 aliphatic heterocycles. The van der Waals surface area contributed by atoms with Crippen LogP contribution in [0.15, 0.2) is 61.2 Å². The fraction of sp³-hybridized carbons (Fsp3) is 0.320. The molecule has 1 N–H and O–H groups in total. The van der Waals surface area contributed by atoms with Gasteiger partial charge in [-0.25, -0.2) is 0 Å². The van der Waals surface area contributed by atoms with E-state index < -0.39 is 0 Å². The first-order valence-corrected chi connectivity index (χ1v) is 10.3. The highest BCUT2D eigenvalue weighted by atomic mass is 16.5. The van der Waals surface area contributed by atoms with Crippen molar-refractivity contribution in [2.75, 3.05) is 20.2 Å². The summed E-state index contributed by atoms with van der Waals surface area (Å²) in [6, 6.07) is 17.1. The van der Waals surface area contributed by atoms with Gasteiger partial charge >= 0.3 is 0 Å². The number of likely N-dealkylation sites (tertiary alicyclic amines) is 1. The summed E-state index contributed by atoms with van der Waals surface area (Å²) in [4.78, 5) is 18.0. The zero-order chi connectivity index (χ0) is 20.0. The molecule has 1 unspecified atom stereocenters. The van der Waals surface area contributed by atoms with Gasteiger partial charge < -0.3 is 14.6 Å². The van der Waals surface area contributed by atoms with E-state index >= 15 is 0 Å². The minimum Gasteiger partial charge on any atom is -0.497 e. The number of methoxy groups -OCH3 is 1. The molecule has 0 spiro atoms. The van der Waals surface area contributed by atoms with E-state index in [0.29, 0.717) is 5.92 Å². The normalized spacial score (nSPS) is 23.3. The van der Waals surface area contributed by atoms with Crippen LogP contribution in [0.1, 0.15) is 23.2 Å². The third-order valence-corrected chi connectivity index (χ3v) is 7.03. The van der Waals surface area contributed by atoms with E-state index in [4.69, 9.17) is 4.74 Å². The molecule has 1 aliphatic carbocycles. The molecule has 29 heavy (non-hydrogen) atoms. The van der Waals surface area contributed by atoms with Crippen LogP contribution in [0.25, 0.3) is 10.9 Å². The average molecular weight is 386 g/mol. The summed E-state index contributed by atoms with van der Waals surface area (Å²) in [6.07, 6.45) is 4.32. The number of carbonyl (C=O) groups is 1. The minimum absolute atomic E-state index is 0.000363. The molecule has 2 aliphatic rings. The molecule has 1 amide bonds. The van der Waals surface area contributed by atoms with Crippen LogP contribution in [0.2, 0.25) is 0 Å². The van der Waals surface area contributed by atoms with Gasteiger partial charge in [-0.05, 0) is 60.6 Å². The Morgan fingerprint density at radius 3 is 2.97 bits per heavy atom. The number of hydrogen-bond donors (Lipinski definition) is 1. The van der Waals surface area contributed by atoms with Crippen molar-refractivity contribution in [3.63, 3.8) is 0 Å². The van der Waals surface area contributed by atoms with Gasteiger partial charge in [-0.15, -0.1) is 0 Å². The Bertz CT molecular complexity index is 1100. The van der Waals surface area contributed by atoms with Crippen molar-refractivity contribution in [1.29, 1.82) is 0 Å². The number of nitrogens with zero attached hydrogens (tertiary/aromatic N) is 1. The van der Waals surface area contributed by atoms with Crippen molar-refractivity contribution in [3.8, 4) is 5.75 Å². The number of ether oxygens (including phenoxy) is 1. The molecule has 4 nitrogen and oxygen atoms in total. The molecule has 4 heteroatoms. The zero-order valence-electron chi connectivity index (χ0n) is 16.8. The molecule has 0 saturated carbocycles. The molecule has 1 fully saturated rings. The second-order valence-corrected chi connectivity index (χ2v) is 8.33. The highest BCUT2D eigenvalue weighted by molar-refractivity contribution is 5.87. The van der Waals surface area contributed by atoms with E-state index in [-0.39, 0.29) is 11.3 Å². The molecule has 0 bridgehead atoms. The van der Waals surface area contributed by atoms with Crippen LogP contribution in [-0.2, 0) is 23.1 Å². The molecule has 3 aromatic rings. The molecule has 148 valence electrons. The summed E-state index contributed by atoms with van der Waals surface area (Å²) in [5.74, 6) is 1.29. The molecule has 0 radical (unpaired) electrons. The maximum absolute atomic E-state index is 12.4. The van der Waals surface area contributed by atoms with Gasteiger partial charge in [0.15, 0.2) is 0 Å². The standard InChI is InChI=1S/C25H26N2O2/c1-3-24(28)27-12-11-25(17-7-6-8-19(13-17)29-2)15-23-21(14-18(25)16-27)20-9-4-5-10-22(20)26-23/h3-10,13,18,26H,1,11-12,14-16H2,2H3/t18?,25-/m1/s1. The lowest BCUT2D eigenvalue weighted by Gasteiger charge is -2.51. The van der Waals surface area contributed by atoms with Crippen LogP contribution in [0.3, 0.4) is 0 Å². The number of H-pyrrole nitrogens is 1. The van der Waals surface area contributed by atoms with Gasteiger partial charge in [0.25, 0.3) is 0 Å². The number of benzene rings is 2. The summed E-state index contributed by atoms with van der Waals surface area (Å²) in [5.41, 5.74) is 5.28. The maximum atomic E-state index is 12.4. The average Bonchev–Trinajstić information content (AvgIpc) is 3.13. The number of nitrogens with one attached hydrogen (secondary N) is 1. The monoisotopic (exact) mass is 386 g/mol. The van der Waals surface area contributed by atoms with Crippen LogP contribution < -0.4 is 4.74 Å². The lowest BCUT2D eigenvalue weighted by Crippen LogP contribution is -2.54. The second kappa shape index (κ2) is 6.80. The van der Waals surface area contributed by atoms with Gasteiger partial charge in [0.1, 0.15) is 5.75 Å². The Balaban J connectivity index is 1.64. The molecule has 2 heterocycles. The smallest absolute Gasteiger partial charge is 0.245 e. The Labute approximate surface area is 171 Å². The summed E-state index contributed by atoms with van der Waals surface area (Å²) in [5, 5.41) is 1.31. The Kier molecular flexibility index (Phi) is 4.23. The molecule has 2 atom stereocenters. The highest BCUT2D eigenvalue weighted by Crippen LogP contribution is 2.49. The predicted molar refractivity (Wildman–Crippen MR) is 115 cm³/mol. The van der Waals surface area contributed by atoms with Crippen molar-refractivity contribution < 1.29 is 9.53 Å². The SMILES string of the molecule is C=CC(=O)N1CC[C@]2(c3cccc(OC)c3)Cc3[nH]c4ccccc4c3CC2C1.